The van der Waals surface area contributed by atoms with Gasteiger partial charge in [0.25, 0.3) is 0 Å². The van der Waals surface area contributed by atoms with Crippen LogP contribution in [0.4, 0.5) is 5.69 Å². The molecule has 4 nitrogen and oxygen atoms in total. The average Bonchev–Trinajstić information content (AvgIpc) is 3.15. The van der Waals surface area contributed by atoms with E-state index in [2.05, 4.69) is 44.3 Å². The van der Waals surface area contributed by atoms with Crippen LogP contribution in [0, 0.1) is 0 Å². The highest BCUT2D eigenvalue weighted by Gasteiger charge is 2.07. The van der Waals surface area contributed by atoms with E-state index in [1.54, 1.807) is 23.1 Å². The van der Waals surface area contributed by atoms with Gasteiger partial charge in [-0.15, -0.1) is 16.4 Å². The van der Waals surface area contributed by atoms with E-state index in [0.717, 1.165) is 27.5 Å². The molecule has 0 aliphatic rings. The number of H-pyrrole nitrogens is 1. The topological polar surface area (TPSA) is 44.8 Å². The Bertz CT molecular complexity index is 764. The summed E-state index contributed by atoms with van der Waals surface area (Å²) < 4.78 is 0.817. The maximum absolute atomic E-state index is 5.94. The number of aromatic nitrogens is 3. The van der Waals surface area contributed by atoms with Crippen LogP contribution in [-0.4, -0.2) is 29.3 Å². The standard InChI is InChI=1S/C16H17ClN4S2/c1-21(2)12-5-3-11(4-6-12)9-15-18-16(20-19-15)22-10-13-7-8-14(17)23-13/h3-8H,9-10H2,1-2H3,(H,18,19,20). The molecule has 0 saturated heterocycles. The van der Waals surface area contributed by atoms with Crippen molar-refractivity contribution in [3.63, 3.8) is 0 Å². The van der Waals surface area contributed by atoms with Crippen LogP contribution >= 0.6 is 34.7 Å². The molecule has 0 atom stereocenters. The van der Waals surface area contributed by atoms with Crippen molar-refractivity contribution in [2.75, 3.05) is 19.0 Å². The minimum Gasteiger partial charge on any atom is -0.378 e. The smallest absolute Gasteiger partial charge is 0.208 e. The molecule has 2 aromatic heterocycles. The fourth-order valence-corrected chi connectivity index (χ4v) is 4.04. The van der Waals surface area contributed by atoms with E-state index in [1.807, 2.05) is 26.2 Å². The largest absolute Gasteiger partial charge is 0.378 e. The first kappa shape index (κ1) is 16.4. The van der Waals surface area contributed by atoms with Gasteiger partial charge in [0, 0.05) is 36.8 Å². The molecule has 3 rings (SSSR count). The zero-order chi connectivity index (χ0) is 16.2. The Balaban J connectivity index is 1.58. The molecule has 0 unspecified atom stereocenters. The first-order valence-electron chi connectivity index (χ1n) is 7.15. The van der Waals surface area contributed by atoms with E-state index < -0.39 is 0 Å². The van der Waals surface area contributed by atoms with Crippen molar-refractivity contribution in [1.82, 2.24) is 15.2 Å². The highest BCUT2D eigenvalue weighted by Crippen LogP contribution is 2.27. The highest BCUT2D eigenvalue weighted by molar-refractivity contribution is 7.98. The van der Waals surface area contributed by atoms with Crippen LogP contribution in [0.15, 0.2) is 41.6 Å². The van der Waals surface area contributed by atoms with Gasteiger partial charge in [-0.05, 0) is 29.8 Å². The number of hydrogen-bond donors (Lipinski definition) is 1. The number of thioether (sulfide) groups is 1. The second-order valence-electron chi connectivity index (χ2n) is 5.30. The van der Waals surface area contributed by atoms with Gasteiger partial charge in [0.15, 0.2) is 0 Å². The molecule has 0 saturated carbocycles. The molecule has 0 spiro atoms. The lowest BCUT2D eigenvalue weighted by atomic mass is 10.1. The molecule has 0 aliphatic carbocycles. The van der Waals surface area contributed by atoms with Crippen LogP contribution in [0.3, 0.4) is 0 Å². The lowest BCUT2D eigenvalue weighted by molar-refractivity contribution is 0.956. The van der Waals surface area contributed by atoms with Crippen LogP contribution in [0.25, 0.3) is 0 Å². The van der Waals surface area contributed by atoms with Gasteiger partial charge >= 0.3 is 0 Å². The maximum Gasteiger partial charge on any atom is 0.208 e. The summed E-state index contributed by atoms with van der Waals surface area (Å²) in [5, 5.41) is 8.06. The number of anilines is 1. The van der Waals surface area contributed by atoms with Crippen molar-refractivity contribution in [1.29, 1.82) is 0 Å². The van der Waals surface area contributed by atoms with Crippen molar-refractivity contribution < 1.29 is 0 Å². The first-order chi connectivity index (χ1) is 11.1. The monoisotopic (exact) mass is 364 g/mol. The molecule has 7 heteroatoms. The van der Waals surface area contributed by atoms with Crippen molar-refractivity contribution in [2.45, 2.75) is 17.3 Å². The fourth-order valence-electron chi connectivity index (χ4n) is 2.09. The molecule has 2 heterocycles. The number of halogens is 1. The summed E-state index contributed by atoms with van der Waals surface area (Å²) in [5.41, 5.74) is 2.41. The van der Waals surface area contributed by atoms with Gasteiger partial charge in [0.2, 0.25) is 5.16 Å². The van der Waals surface area contributed by atoms with E-state index >= 15 is 0 Å². The van der Waals surface area contributed by atoms with E-state index in [0.29, 0.717) is 0 Å². The number of nitrogens with zero attached hydrogens (tertiary/aromatic N) is 3. The predicted molar refractivity (Wildman–Crippen MR) is 98.8 cm³/mol. The van der Waals surface area contributed by atoms with E-state index in [-0.39, 0.29) is 0 Å². The second kappa shape index (κ2) is 7.38. The molecule has 0 amide bonds. The third kappa shape index (κ3) is 4.50. The minimum absolute atomic E-state index is 0.756. The third-order valence-corrected chi connectivity index (χ3v) is 5.62. The summed E-state index contributed by atoms with van der Waals surface area (Å²) in [6.45, 7) is 0. The molecule has 3 aromatic rings. The quantitative estimate of drug-likeness (QED) is 0.655. The predicted octanol–water partition coefficient (Wildman–Crippen LogP) is 4.47. The zero-order valence-corrected chi connectivity index (χ0v) is 15.3. The van der Waals surface area contributed by atoms with E-state index in [4.69, 9.17) is 11.6 Å². The van der Waals surface area contributed by atoms with Crippen LogP contribution in [0.5, 0.6) is 0 Å². The Labute approximate surface area is 148 Å². The highest BCUT2D eigenvalue weighted by atomic mass is 35.5. The van der Waals surface area contributed by atoms with Gasteiger partial charge in [-0.3, -0.25) is 5.10 Å². The molecule has 1 aromatic carbocycles. The normalized spacial score (nSPS) is 10.9. The van der Waals surface area contributed by atoms with Gasteiger partial charge in [-0.25, -0.2) is 4.98 Å². The number of aromatic amines is 1. The molecule has 1 N–H and O–H groups in total. The average molecular weight is 365 g/mol. The Morgan fingerprint density at radius 3 is 2.61 bits per heavy atom. The van der Waals surface area contributed by atoms with Gasteiger partial charge < -0.3 is 4.90 Å². The molecule has 0 aliphatic heterocycles. The Morgan fingerprint density at radius 2 is 1.96 bits per heavy atom. The maximum atomic E-state index is 5.94. The number of rotatable bonds is 6. The van der Waals surface area contributed by atoms with Crippen LogP contribution in [0.1, 0.15) is 16.3 Å². The number of hydrogen-bond acceptors (Lipinski definition) is 5. The molecule has 0 radical (unpaired) electrons. The molecular formula is C16H17ClN4S2. The first-order valence-corrected chi connectivity index (χ1v) is 9.33. The SMILES string of the molecule is CN(C)c1ccc(Cc2nc(SCc3ccc(Cl)s3)n[nH]2)cc1. The van der Waals surface area contributed by atoms with Gasteiger partial charge in [0.05, 0.1) is 4.34 Å². The van der Waals surface area contributed by atoms with Gasteiger partial charge in [-0.2, -0.15) is 0 Å². The molecule has 0 bridgehead atoms. The second-order valence-corrected chi connectivity index (χ2v) is 8.04. The van der Waals surface area contributed by atoms with Crippen molar-refractivity contribution in [2.24, 2.45) is 0 Å². The number of thiophene rings is 1. The van der Waals surface area contributed by atoms with Crippen LogP contribution < -0.4 is 4.90 Å². The summed E-state index contributed by atoms with van der Waals surface area (Å²) in [6.07, 6.45) is 0.756. The number of benzene rings is 1. The van der Waals surface area contributed by atoms with Gasteiger partial charge in [-0.1, -0.05) is 35.5 Å². The summed E-state index contributed by atoms with van der Waals surface area (Å²) in [5.74, 6) is 1.72. The molecular weight excluding hydrogens is 348 g/mol. The lowest BCUT2D eigenvalue weighted by Crippen LogP contribution is -2.08. The zero-order valence-electron chi connectivity index (χ0n) is 12.9. The van der Waals surface area contributed by atoms with Crippen molar-refractivity contribution >= 4 is 40.4 Å². The molecule has 0 fully saturated rings. The Morgan fingerprint density at radius 1 is 1.17 bits per heavy atom. The van der Waals surface area contributed by atoms with Crippen LogP contribution in [0.2, 0.25) is 4.34 Å². The molecule has 120 valence electrons. The van der Waals surface area contributed by atoms with Crippen LogP contribution in [-0.2, 0) is 12.2 Å². The molecule has 23 heavy (non-hydrogen) atoms. The van der Waals surface area contributed by atoms with E-state index in [1.165, 1.54) is 16.1 Å². The third-order valence-electron chi connectivity index (χ3n) is 3.31. The van der Waals surface area contributed by atoms with Crippen molar-refractivity contribution in [3.8, 4) is 0 Å². The minimum atomic E-state index is 0.756. The lowest BCUT2D eigenvalue weighted by Gasteiger charge is -2.12. The summed E-state index contributed by atoms with van der Waals surface area (Å²) in [6, 6.07) is 12.4. The Hall–Kier alpha value is -1.50. The summed E-state index contributed by atoms with van der Waals surface area (Å²) >= 11 is 9.15. The summed E-state index contributed by atoms with van der Waals surface area (Å²) in [7, 11) is 4.07. The van der Waals surface area contributed by atoms with E-state index in [9.17, 15) is 0 Å². The fraction of sp³-hybridized carbons (Fsp3) is 0.250. The number of nitrogens with one attached hydrogen (secondary N) is 1. The van der Waals surface area contributed by atoms with Crippen molar-refractivity contribution in [3.05, 3.63) is 57.0 Å². The summed E-state index contributed by atoms with van der Waals surface area (Å²) in [4.78, 5) is 7.86. The Kier molecular flexibility index (Phi) is 5.25. The van der Waals surface area contributed by atoms with Gasteiger partial charge in [0.1, 0.15) is 5.82 Å².